The molecule has 1 aromatic heterocycles. The molecule has 0 aliphatic carbocycles. The Morgan fingerprint density at radius 2 is 2.21 bits per heavy atom. The number of carbonyl (C=O) groups is 1. The molecule has 1 aliphatic rings. The number of amides is 1. The molecule has 2 aromatic rings. The molecule has 0 spiro atoms. The molecule has 1 N–H and O–H groups in total. The molecule has 0 saturated heterocycles. The van der Waals surface area contributed by atoms with E-state index >= 15 is 0 Å². The van der Waals surface area contributed by atoms with Crippen molar-refractivity contribution < 1.29 is 13.2 Å². The Bertz CT molecular complexity index is 890. The van der Waals surface area contributed by atoms with Crippen molar-refractivity contribution in [1.82, 2.24) is 4.98 Å². The number of anilines is 2. The third-order valence-electron chi connectivity index (χ3n) is 3.96. The lowest BCUT2D eigenvalue weighted by Gasteiger charge is -2.21. The third kappa shape index (κ3) is 3.16. The van der Waals surface area contributed by atoms with E-state index in [0.717, 1.165) is 22.5 Å². The summed E-state index contributed by atoms with van der Waals surface area (Å²) in [6.07, 6.45) is 2.32. The second kappa shape index (κ2) is 6.18. The summed E-state index contributed by atoms with van der Waals surface area (Å²) in [6.45, 7) is 3.70. The Hall–Kier alpha value is -1.93. The maximum absolute atomic E-state index is 12.0. The SMILES string of the molecule is CCC(=O)Nc1nc(-c2ccc3c(c2)C[C@@H](C)N3S(C)(=O)=O)cs1. The topological polar surface area (TPSA) is 79.4 Å². The molecule has 0 unspecified atom stereocenters. The van der Waals surface area contributed by atoms with Crippen LogP contribution in [0.5, 0.6) is 0 Å². The van der Waals surface area contributed by atoms with Gasteiger partial charge < -0.3 is 5.32 Å². The zero-order valence-corrected chi connectivity index (χ0v) is 15.4. The zero-order chi connectivity index (χ0) is 17.5. The lowest BCUT2D eigenvalue weighted by molar-refractivity contribution is -0.115. The molecule has 0 fully saturated rings. The quantitative estimate of drug-likeness (QED) is 0.903. The molecule has 0 radical (unpaired) electrons. The molecule has 3 rings (SSSR count). The smallest absolute Gasteiger partial charge is 0.232 e. The van der Waals surface area contributed by atoms with Gasteiger partial charge in [-0.3, -0.25) is 9.10 Å². The summed E-state index contributed by atoms with van der Waals surface area (Å²) in [5.41, 5.74) is 3.44. The minimum atomic E-state index is -3.28. The van der Waals surface area contributed by atoms with Crippen molar-refractivity contribution in [3.8, 4) is 11.3 Å². The van der Waals surface area contributed by atoms with Crippen LogP contribution in [0.1, 0.15) is 25.8 Å². The number of nitrogens with zero attached hydrogens (tertiary/aromatic N) is 2. The Morgan fingerprint density at radius 3 is 2.88 bits per heavy atom. The van der Waals surface area contributed by atoms with Gasteiger partial charge in [0.25, 0.3) is 0 Å². The highest BCUT2D eigenvalue weighted by atomic mass is 32.2. The zero-order valence-electron chi connectivity index (χ0n) is 13.7. The van der Waals surface area contributed by atoms with E-state index in [1.165, 1.54) is 21.9 Å². The highest BCUT2D eigenvalue weighted by Crippen LogP contribution is 2.37. The Balaban J connectivity index is 1.91. The lowest BCUT2D eigenvalue weighted by Crippen LogP contribution is -2.34. The summed E-state index contributed by atoms with van der Waals surface area (Å²) in [4.78, 5) is 15.9. The van der Waals surface area contributed by atoms with Crippen molar-refractivity contribution in [2.24, 2.45) is 0 Å². The molecule has 1 aromatic carbocycles. The number of sulfonamides is 1. The summed E-state index contributed by atoms with van der Waals surface area (Å²) in [5.74, 6) is -0.0672. The van der Waals surface area contributed by atoms with E-state index in [0.29, 0.717) is 18.0 Å². The standard InChI is InChI=1S/C16H19N3O3S2/c1-4-15(20)18-16-17-13(9-23-16)11-5-6-14-12(8-11)7-10(2)19(14)24(3,21)22/h5-6,8-10H,4,7H2,1-3H3,(H,17,18,20)/t10-/m1/s1. The summed E-state index contributed by atoms with van der Waals surface area (Å²) in [7, 11) is -3.28. The molecule has 6 nitrogen and oxygen atoms in total. The van der Waals surface area contributed by atoms with E-state index in [-0.39, 0.29) is 11.9 Å². The van der Waals surface area contributed by atoms with E-state index in [9.17, 15) is 13.2 Å². The van der Waals surface area contributed by atoms with Crippen LogP contribution >= 0.6 is 11.3 Å². The maximum Gasteiger partial charge on any atom is 0.232 e. The normalized spacial score (nSPS) is 17.0. The second-order valence-electron chi connectivity index (χ2n) is 5.90. The number of benzene rings is 1. The molecule has 0 bridgehead atoms. The fraction of sp³-hybridized carbons (Fsp3) is 0.375. The number of fused-ring (bicyclic) bond motifs is 1. The minimum Gasteiger partial charge on any atom is -0.302 e. The van der Waals surface area contributed by atoms with E-state index in [1.54, 1.807) is 6.92 Å². The van der Waals surface area contributed by atoms with Gasteiger partial charge in [-0.2, -0.15) is 0 Å². The first kappa shape index (κ1) is 16.9. The Labute approximate surface area is 145 Å². The van der Waals surface area contributed by atoms with Gasteiger partial charge in [-0.25, -0.2) is 13.4 Å². The van der Waals surface area contributed by atoms with Crippen LogP contribution in [0, 0.1) is 0 Å². The lowest BCUT2D eigenvalue weighted by atomic mass is 10.1. The second-order valence-corrected chi connectivity index (χ2v) is 8.61. The van der Waals surface area contributed by atoms with Crippen LogP contribution < -0.4 is 9.62 Å². The van der Waals surface area contributed by atoms with Crippen molar-refractivity contribution in [3.63, 3.8) is 0 Å². The maximum atomic E-state index is 12.0. The van der Waals surface area contributed by atoms with Crippen LogP contribution in [0.25, 0.3) is 11.3 Å². The fourth-order valence-corrected chi connectivity index (χ4v) is 4.94. The Kier molecular flexibility index (Phi) is 4.35. The van der Waals surface area contributed by atoms with Gasteiger partial charge in [0.05, 0.1) is 17.6 Å². The number of thiazole rings is 1. The van der Waals surface area contributed by atoms with Gasteiger partial charge in [-0.05, 0) is 31.0 Å². The van der Waals surface area contributed by atoms with Crippen LogP contribution in [-0.4, -0.2) is 31.6 Å². The van der Waals surface area contributed by atoms with Crippen LogP contribution in [0.4, 0.5) is 10.8 Å². The van der Waals surface area contributed by atoms with Gasteiger partial charge in [0, 0.05) is 23.4 Å². The van der Waals surface area contributed by atoms with Crippen LogP contribution in [-0.2, 0) is 21.2 Å². The fourth-order valence-electron chi connectivity index (χ4n) is 2.94. The summed E-state index contributed by atoms with van der Waals surface area (Å²) in [5, 5.41) is 5.21. The average Bonchev–Trinajstić information content (AvgIpc) is 3.08. The Morgan fingerprint density at radius 1 is 1.46 bits per heavy atom. The van der Waals surface area contributed by atoms with Gasteiger partial charge in [0.15, 0.2) is 5.13 Å². The first-order valence-corrected chi connectivity index (χ1v) is 10.4. The van der Waals surface area contributed by atoms with E-state index in [2.05, 4.69) is 10.3 Å². The van der Waals surface area contributed by atoms with Crippen molar-refractivity contribution in [2.75, 3.05) is 15.9 Å². The monoisotopic (exact) mass is 365 g/mol. The van der Waals surface area contributed by atoms with Crippen molar-refractivity contribution >= 4 is 38.1 Å². The number of aromatic nitrogens is 1. The predicted octanol–water partition coefficient (Wildman–Crippen LogP) is 2.87. The van der Waals surface area contributed by atoms with Crippen LogP contribution in [0.15, 0.2) is 23.6 Å². The molecule has 1 atom stereocenters. The molecule has 2 heterocycles. The van der Waals surface area contributed by atoms with E-state index < -0.39 is 10.0 Å². The van der Waals surface area contributed by atoms with Crippen molar-refractivity contribution in [1.29, 1.82) is 0 Å². The molecule has 1 amide bonds. The van der Waals surface area contributed by atoms with Crippen molar-refractivity contribution in [3.05, 3.63) is 29.1 Å². The summed E-state index contributed by atoms with van der Waals surface area (Å²) < 4.78 is 25.4. The van der Waals surface area contributed by atoms with E-state index in [4.69, 9.17) is 0 Å². The number of nitrogens with one attached hydrogen (secondary N) is 1. The molecular weight excluding hydrogens is 346 g/mol. The van der Waals surface area contributed by atoms with Crippen molar-refractivity contribution in [2.45, 2.75) is 32.7 Å². The average molecular weight is 365 g/mol. The van der Waals surface area contributed by atoms with Gasteiger partial charge in [0.1, 0.15) is 0 Å². The summed E-state index contributed by atoms with van der Waals surface area (Å²) >= 11 is 1.38. The summed E-state index contributed by atoms with van der Waals surface area (Å²) in [6, 6.07) is 5.60. The van der Waals surface area contributed by atoms with Gasteiger partial charge in [-0.1, -0.05) is 13.0 Å². The van der Waals surface area contributed by atoms with E-state index in [1.807, 2.05) is 30.5 Å². The number of hydrogen-bond donors (Lipinski definition) is 1. The number of hydrogen-bond acceptors (Lipinski definition) is 5. The molecule has 0 saturated carbocycles. The molecular formula is C16H19N3O3S2. The minimum absolute atomic E-state index is 0.0672. The number of rotatable bonds is 4. The van der Waals surface area contributed by atoms with Crippen LogP contribution in [0.2, 0.25) is 0 Å². The molecule has 1 aliphatic heterocycles. The molecule has 24 heavy (non-hydrogen) atoms. The largest absolute Gasteiger partial charge is 0.302 e. The van der Waals surface area contributed by atoms with Gasteiger partial charge >= 0.3 is 0 Å². The van der Waals surface area contributed by atoms with Gasteiger partial charge in [-0.15, -0.1) is 11.3 Å². The van der Waals surface area contributed by atoms with Crippen LogP contribution in [0.3, 0.4) is 0 Å². The number of carbonyl (C=O) groups excluding carboxylic acids is 1. The van der Waals surface area contributed by atoms with Gasteiger partial charge in [0.2, 0.25) is 15.9 Å². The third-order valence-corrected chi connectivity index (χ3v) is 5.99. The first-order chi connectivity index (χ1) is 11.3. The molecule has 8 heteroatoms. The highest BCUT2D eigenvalue weighted by Gasteiger charge is 2.32. The first-order valence-electron chi connectivity index (χ1n) is 7.67. The molecule has 128 valence electrons. The predicted molar refractivity (Wildman–Crippen MR) is 97.0 cm³/mol. The highest BCUT2D eigenvalue weighted by molar-refractivity contribution is 7.92.